The average molecular weight is 221 g/mol. The summed E-state index contributed by atoms with van der Waals surface area (Å²) in [5.74, 6) is 0.772. The van der Waals surface area contributed by atoms with Gasteiger partial charge in [0.1, 0.15) is 18.5 Å². The Morgan fingerprint density at radius 1 is 1.31 bits per heavy atom. The summed E-state index contributed by atoms with van der Waals surface area (Å²) in [4.78, 5) is 3.11. The SMILES string of the molecule is COCC(O)COc1cccc2[nH]ccc12. The molecule has 1 aromatic heterocycles. The van der Waals surface area contributed by atoms with Crippen LogP contribution in [0.1, 0.15) is 0 Å². The maximum Gasteiger partial charge on any atom is 0.128 e. The number of aliphatic hydroxyl groups excluding tert-OH is 1. The van der Waals surface area contributed by atoms with E-state index in [-0.39, 0.29) is 13.2 Å². The highest BCUT2D eigenvalue weighted by atomic mass is 16.5. The number of ether oxygens (including phenoxy) is 2. The number of aromatic amines is 1. The van der Waals surface area contributed by atoms with E-state index in [1.54, 1.807) is 7.11 Å². The molecule has 1 atom stereocenters. The Kier molecular flexibility index (Phi) is 3.44. The van der Waals surface area contributed by atoms with Crippen molar-refractivity contribution in [3.8, 4) is 5.75 Å². The van der Waals surface area contributed by atoms with Crippen LogP contribution in [0, 0.1) is 0 Å². The fourth-order valence-corrected chi connectivity index (χ4v) is 1.61. The molecule has 0 aliphatic rings. The van der Waals surface area contributed by atoms with E-state index in [1.807, 2.05) is 30.5 Å². The molecule has 0 aliphatic heterocycles. The second-order valence-corrected chi connectivity index (χ2v) is 3.62. The Hall–Kier alpha value is -1.52. The second kappa shape index (κ2) is 5.01. The van der Waals surface area contributed by atoms with E-state index in [1.165, 1.54) is 0 Å². The molecule has 0 spiro atoms. The van der Waals surface area contributed by atoms with Crippen molar-refractivity contribution in [2.24, 2.45) is 0 Å². The molecule has 2 N–H and O–H groups in total. The van der Waals surface area contributed by atoms with Crippen LogP contribution in [0.4, 0.5) is 0 Å². The van der Waals surface area contributed by atoms with Gasteiger partial charge in [-0.15, -0.1) is 0 Å². The fourth-order valence-electron chi connectivity index (χ4n) is 1.61. The Bertz CT molecular complexity index is 452. The normalized spacial score (nSPS) is 12.9. The first kappa shape index (κ1) is 11.0. The van der Waals surface area contributed by atoms with E-state index < -0.39 is 6.10 Å². The minimum absolute atomic E-state index is 0.234. The van der Waals surface area contributed by atoms with Gasteiger partial charge < -0.3 is 19.6 Å². The van der Waals surface area contributed by atoms with E-state index in [4.69, 9.17) is 9.47 Å². The van der Waals surface area contributed by atoms with Crippen molar-refractivity contribution in [1.82, 2.24) is 4.98 Å². The zero-order valence-electron chi connectivity index (χ0n) is 9.14. The zero-order valence-corrected chi connectivity index (χ0v) is 9.14. The maximum absolute atomic E-state index is 9.48. The third kappa shape index (κ3) is 2.35. The molecule has 16 heavy (non-hydrogen) atoms. The number of aliphatic hydroxyl groups is 1. The van der Waals surface area contributed by atoms with Crippen molar-refractivity contribution in [3.05, 3.63) is 30.5 Å². The highest BCUT2D eigenvalue weighted by molar-refractivity contribution is 5.85. The predicted octanol–water partition coefficient (Wildman–Crippen LogP) is 1.55. The van der Waals surface area contributed by atoms with Crippen LogP contribution in [-0.4, -0.2) is 36.5 Å². The molecule has 0 bridgehead atoms. The van der Waals surface area contributed by atoms with Gasteiger partial charge in [-0.1, -0.05) is 6.07 Å². The number of rotatable bonds is 5. The number of H-pyrrole nitrogens is 1. The highest BCUT2D eigenvalue weighted by Gasteiger charge is 2.07. The van der Waals surface area contributed by atoms with Gasteiger partial charge in [0.15, 0.2) is 0 Å². The van der Waals surface area contributed by atoms with Crippen LogP contribution in [0.3, 0.4) is 0 Å². The molecule has 1 heterocycles. The summed E-state index contributed by atoms with van der Waals surface area (Å²) in [6.07, 6.45) is 1.27. The topological polar surface area (TPSA) is 54.5 Å². The maximum atomic E-state index is 9.48. The van der Waals surface area contributed by atoms with Crippen molar-refractivity contribution in [2.45, 2.75) is 6.10 Å². The summed E-state index contributed by atoms with van der Waals surface area (Å²) < 4.78 is 10.4. The van der Waals surface area contributed by atoms with E-state index in [0.29, 0.717) is 0 Å². The smallest absolute Gasteiger partial charge is 0.128 e. The Morgan fingerprint density at radius 3 is 3.00 bits per heavy atom. The molecule has 4 nitrogen and oxygen atoms in total. The van der Waals surface area contributed by atoms with Crippen molar-refractivity contribution in [2.75, 3.05) is 20.3 Å². The molecule has 0 aliphatic carbocycles. The van der Waals surface area contributed by atoms with Crippen LogP contribution in [0.25, 0.3) is 10.9 Å². The molecule has 4 heteroatoms. The van der Waals surface area contributed by atoms with Gasteiger partial charge in [0.25, 0.3) is 0 Å². The third-order valence-corrected chi connectivity index (χ3v) is 2.35. The summed E-state index contributed by atoms with van der Waals surface area (Å²) >= 11 is 0. The van der Waals surface area contributed by atoms with Crippen molar-refractivity contribution >= 4 is 10.9 Å². The van der Waals surface area contributed by atoms with Gasteiger partial charge in [-0.25, -0.2) is 0 Å². The molecule has 2 rings (SSSR count). The van der Waals surface area contributed by atoms with Gasteiger partial charge in [-0.2, -0.15) is 0 Å². The molecule has 0 fully saturated rings. The highest BCUT2D eigenvalue weighted by Crippen LogP contribution is 2.24. The quantitative estimate of drug-likeness (QED) is 0.805. The van der Waals surface area contributed by atoms with Gasteiger partial charge in [0, 0.05) is 24.2 Å². The predicted molar refractivity (Wildman–Crippen MR) is 61.7 cm³/mol. The number of hydrogen-bond donors (Lipinski definition) is 2. The van der Waals surface area contributed by atoms with Crippen LogP contribution in [0.15, 0.2) is 30.5 Å². The molecule has 0 radical (unpaired) electrons. The van der Waals surface area contributed by atoms with Crippen molar-refractivity contribution < 1.29 is 14.6 Å². The van der Waals surface area contributed by atoms with Crippen molar-refractivity contribution in [3.63, 3.8) is 0 Å². The molecular formula is C12H15NO3. The molecule has 0 saturated carbocycles. The minimum atomic E-state index is -0.598. The lowest BCUT2D eigenvalue weighted by molar-refractivity contribution is 0.0329. The van der Waals surface area contributed by atoms with Gasteiger partial charge >= 0.3 is 0 Å². The Labute approximate surface area is 93.8 Å². The number of methoxy groups -OCH3 is 1. The van der Waals surface area contributed by atoms with Crippen molar-refractivity contribution in [1.29, 1.82) is 0 Å². The standard InChI is InChI=1S/C12H15NO3/c1-15-7-9(14)8-16-12-4-2-3-11-10(12)5-6-13-11/h2-6,9,13-14H,7-8H2,1H3. The first-order chi connectivity index (χ1) is 7.81. The Morgan fingerprint density at radius 2 is 2.19 bits per heavy atom. The summed E-state index contributed by atoms with van der Waals surface area (Å²) in [5, 5.41) is 10.5. The number of benzene rings is 1. The largest absolute Gasteiger partial charge is 0.490 e. The molecule has 0 amide bonds. The summed E-state index contributed by atoms with van der Waals surface area (Å²) in [7, 11) is 1.55. The molecule has 1 aromatic carbocycles. The molecule has 0 saturated heterocycles. The van der Waals surface area contributed by atoms with Gasteiger partial charge in [0.05, 0.1) is 6.61 Å². The molecule has 86 valence electrons. The number of nitrogens with one attached hydrogen (secondary N) is 1. The minimum Gasteiger partial charge on any atom is -0.490 e. The summed E-state index contributed by atoms with van der Waals surface area (Å²) in [5.41, 5.74) is 1.03. The van der Waals surface area contributed by atoms with Gasteiger partial charge in [-0.3, -0.25) is 0 Å². The van der Waals surface area contributed by atoms with Gasteiger partial charge in [0.2, 0.25) is 0 Å². The van der Waals surface area contributed by atoms with E-state index in [2.05, 4.69) is 4.98 Å². The van der Waals surface area contributed by atoms with E-state index in [0.717, 1.165) is 16.7 Å². The lowest BCUT2D eigenvalue weighted by Gasteiger charge is -2.11. The van der Waals surface area contributed by atoms with E-state index >= 15 is 0 Å². The Balaban J connectivity index is 2.06. The lowest BCUT2D eigenvalue weighted by Crippen LogP contribution is -2.22. The van der Waals surface area contributed by atoms with Crippen LogP contribution in [0.2, 0.25) is 0 Å². The van der Waals surface area contributed by atoms with Crippen LogP contribution >= 0.6 is 0 Å². The van der Waals surface area contributed by atoms with Gasteiger partial charge in [-0.05, 0) is 18.2 Å². The third-order valence-electron chi connectivity index (χ3n) is 2.35. The molecule has 2 aromatic rings. The van der Waals surface area contributed by atoms with Crippen LogP contribution in [0.5, 0.6) is 5.75 Å². The number of aromatic nitrogens is 1. The fraction of sp³-hybridized carbons (Fsp3) is 0.333. The van der Waals surface area contributed by atoms with Crippen LogP contribution < -0.4 is 4.74 Å². The first-order valence-electron chi connectivity index (χ1n) is 5.17. The molecular weight excluding hydrogens is 206 g/mol. The zero-order chi connectivity index (χ0) is 11.4. The number of hydrogen-bond acceptors (Lipinski definition) is 3. The van der Waals surface area contributed by atoms with E-state index in [9.17, 15) is 5.11 Å². The molecule has 1 unspecified atom stereocenters. The lowest BCUT2D eigenvalue weighted by atomic mass is 10.2. The number of fused-ring (bicyclic) bond motifs is 1. The summed E-state index contributed by atoms with van der Waals surface area (Å²) in [6, 6.07) is 7.73. The average Bonchev–Trinajstić information content (AvgIpc) is 2.75. The van der Waals surface area contributed by atoms with Crippen LogP contribution in [-0.2, 0) is 4.74 Å². The first-order valence-corrected chi connectivity index (χ1v) is 5.17. The monoisotopic (exact) mass is 221 g/mol. The summed E-state index contributed by atoms with van der Waals surface area (Å²) in [6.45, 7) is 0.515. The second-order valence-electron chi connectivity index (χ2n) is 3.62.